The Balaban J connectivity index is 2.06. The zero-order valence-electron chi connectivity index (χ0n) is 11.1. The van der Waals surface area contributed by atoms with E-state index >= 15 is 0 Å². The molecule has 2 rings (SSSR count). The fourth-order valence-corrected chi connectivity index (χ4v) is 5.07. The van der Waals surface area contributed by atoms with Crippen molar-refractivity contribution in [3.05, 3.63) is 33.4 Å². The Labute approximate surface area is 129 Å². The van der Waals surface area contributed by atoms with Gasteiger partial charge in [-0.05, 0) is 78.6 Å². The van der Waals surface area contributed by atoms with Crippen molar-refractivity contribution < 1.29 is 8.42 Å². The molecule has 1 heterocycles. The average Bonchev–Trinajstić information content (AvgIpc) is 2.72. The smallest absolute Gasteiger partial charge is 0.150 e. The first-order valence-corrected chi connectivity index (χ1v) is 9.49. The minimum absolute atomic E-state index is 0.303. The molecule has 0 amide bonds. The summed E-state index contributed by atoms with van der Waals surface area (Å²) >= 11 is 2.30. The van der Waals surface area contributed by atoms with Crippen LogP contribution in [0.3, 0.4) is 0 Å². The molecule has 0 bridgehead atoms. The second-order valence-corrected chi connectivity index (χ2v) is 8.79. The van der Waals surface area contributed by atoms with Gasteiger partial charge >= 0.3 is 0 Å². The van der Waals surface area contributed by atoms with Crippen molar-refractivity contribution in [3.8, 4) is 0 Å². The van der Waals surface area contributed by atoms with Gasteiger partial charge in [-0.3, -0.25) is 0 Å². The Morgan fingerprint density at radius 1 is 1.37 bits per heavy atom. The molecule has 0 aromatic heterocycles. The molecule has 19 heavy (non-hydrogen) atoms. The first-order chi connectivity index (χ1) is 9.00. The number of nitrogens with one attached hydrogen (secondary N) is 1. The topological polar surface area (TPSA) is 46.2 Å². The molecule has 0 radical (unpaired) electrons. The lowest BCUT2D eigenvalue weighted by Crippen LogP contribution is -2.28. The largest absolute Gasteiger partial charge is 0.319 e. The van der Waals surface area contributed by atoms with Crippen LogP contribution in [-0.2, 0) is 16.3 Å². The molecule has 2 unspecified atom stereocenters. The van der Waals surface area contributed by atoms with Gasteiger partial charge in [0, 0.05) is 3.57 Å². The number of sulfone groups is 1. The second kappa shape index (κ2) is 6.54. The van der Waals surface area contributed by atoms with Crippen LogP contribution < -0.4 is 5.32 Å². The lowest BCUT2D eigenvalue weighted by Gasteiger charge is -2.22. The lowest BCUT2D eigenvalue weighted by molar-refractivity contribution is 0.352. The fraction of sp³-hybridized carbons (Fsp3) is 0.571. The maximum atomic E-state index is 11.6. The summed E-state index contributed by atoms with van der Waals surface area (Å²) in [6.45, 7) is 0.881. The third kappa shape index (κ3) is 4.43. The molecule has 1 saturated heterocycles. The van der Waals surface area contributed by atoms with E-state index in [9.17, 15) is 8.42 Å². The predicted octanol–water partition coefficient (Wildman–Crippen LogP) is 2.10. The highest BCUT2D eigenvalue weighted by atomic mass is 127. The minimum atomic E-state index is -2.79. The average molecular weight is 393 g/mol. The maximum Gasteiger partial charge on any atom is 0.150 e. The summed E-state index contributed by atoms with van der Waals surface area (Å²) in [4.78, 5) is 0. The SMILES string of the molecule is CNCC(Cc1ccc(I)cc1)C1CCS(=O)(=O)C1. The van der Waals surface area contributed by atoms with Crippen LogP contribution in [0.1, 0.15) is 12.0 Å². The van der Waals surface area contributed by atoms with Crippen LogP contribution in [0.5, 0.6) is 0 Å². The maximum absolute atomic E-state index is 11.6. The number of hydrogen-bond acceptors (Lipinski definition) is 3. The number of halogens is 1. The molecule has 0 spiro atoms. The molecule has 106 valence electrons. The molecule has 1 aromatic rings. The van der Waals surface area contributed by atoms with Gasteiger partial charge in [-0.25, -0.2) is 8.42 Å². The van der Waals surface area contributed by atoms with Crippen molar-refractivity contribution >= 4 is 32.4 Å². The first-order valence-electron chi connectivity index (χ1n) is 6.59. The Morgan fingerprint density at radius 3 is 2.58 bits per heavy atom. The summed E-state index contributed by atoms with van der Waals surface area (Å²) < 4.78 is 24.5. The van der Waals surface area contributed by atoms with Crippen LogP contribution in [0.2, 0.25) is 0 Å². The minimum Gasteiger partial charge on any atom is -0.319 e. The van der Waals surface area contributed by atoms with Gasteiger partial charge in [0.15, 0.2) is 9.84 Å². The van der Waals surface area contributed by atoms with Gasteiger partial charge in [0.2, 0.25) is 0 Å². The highest BCUT2D eigenvalue weighted by Gasteiger charge is 2.33. The Bertz CT molecular complexity index is 513. The molecule has 1 N–H and O–H groups in total. The van der Waals surface area contributed by atoms with Crippen molar-refractivity contribution in [2.75, 3.05) is 25.1 Å². The summed E-state index contributed by atoms with van der Waals surface area (Å²) in [5.41, 5.74) is 1.30. The number of rotatable bonds is 5. The molecular weight excluding hydrogens is 373 g/mol. The number of benzene rings is 1. The monoisotopic (exact) mass is 393 g/mol. The van der Waals surface area contributed by atoms with Crippen molar-refractivity contribution in [1.82, 2.24) is 5.32 Å². The summed E-state index contributed by atoms with van der Waals surface area (Å²) in [6.07, 6.45) is 1.77. The first kappa shape index (κ1) is 15.3. The van der Waals surface area contributed by atoms with Gasteiger partial charge in [-0.2, -0.15) is 0 Å². The van der Waals surface area contributed by atoms with Gasteiger partial charge in [0.1, 0.15) is 0 Å². The second-order valence-electron chi connectivity index (χ2n) is 5.31. The van der Waals surface area contributed by atoms with E-state index in [2.05, 4.69) is 52.2 Å². The van der Waals surface area contributed by atoms with Crippen molar-refractivity contribution in [3.63, 3.8) is 0 Å². The van der Waals surface area contributed by atoms with Crippen molar-refractivity contribution in [1.29, 1.82) is 0 Å². The van der Waals surface area contributed by atoms with E-state index in [4.69, 9.17) is 0 Å². The molecule has 1 aliphatic heterocycles. The highest BCUT2D eigenvalue weighted by Crippen LogP contribution is 2.28. The Kier molecular flexibility index (Phi) is 5.25. The molecule has 1 aliphatic rings. The van der Waals surface area contributed by atoms with E-state index in [1.165, 1.54) is 9.13 Å². The van der Waals surface area contributed by atoms with Crippen LogP contribution >= 0.6 is 22.6 Å². The molecule has 3 nitrogen and oxygen atoms in total. The van der Waals surface area contributed by atoms with Gasteiger partial charge < -0.3 is 5.32 Å². The van der Waals surface area contributed by atoms with E-state index < -0.39 is 9.84 Å². The molecule has 0 aliphatic carbocycles. The predicted molar refractivity (Wildman–Crippen MR) is 87.0 cm³/mol. The molecule has 1 aromatic carbocycles. The summed E-state index contributed by atoms with van der Waals surface area (Å²) in [6, 6.07) is 8.51. The fourth-order valence-electron chi connectivity index (χ4n) is 2.79. The van der Waals surface area contributed by atoms with Gasteiger partial charge in [-0.15, -0.1) is 0 Å². The third-order valence-electron chi connectivity index (χ3n) is 3.81. The van der Waals surface area contributed by atoms with E-state index in [0.29, 0.717) is 23.3 Å². The van der Waals surface area contributed by atoms with E-state index in [1.54, 1.807) is 0 Å². The number of hydrogen-bond donors (Lipinski definition) is 1. The molecular formula is C14H20INO2S. The molecule has 5 heteroatoms. The zero-order valence-corrected chi connectivity index (χ0v) is 14.1. The van der Waals surface area contributed by atoms with E-state index in [-0.39, 0.29) is 0 Å². The molecule has 0 saturated carbocycles. The highest BCUT2D eigenvalue weighted by molar-refractivity contribution is 14.1. The third-order valence-corrected chi connectivity index (χ3v) is 6.32. The molecule has 1 fully saturated rings. The van der Waals surface area contributed by atoms with Crippen LogP contribution in [0.25, 0.3) is 0 Å². The normalized spacial score (nSPS) is 23.4. The summed E-state index contributed by atoms with van der Waals surface area (Å²) in [7, 11) is -0.852. The summed E-state index contributed by atoms with van der Waals surface area (Å²) in [5.74, 6) is 1.44. The molecule has 2 atom stereocenters. The Morgan fingerprint density at radius 2 is 2.05 bits per heavy atom. The summed E-state index contributed by atoms with van der Waals surface area (Å²) in [5, 5.41) is 3.21. The van der Waals surface area contributed by atoms with Crippen LogP contribution in [0.4, 0.5) is 0 Å². The quantitative estimate of drug-likeness (QED) is 0.780. The van der Waals surface area contributed by atoms with Crippen LogP contribution in [0, 0.1) is 15.4 Å². The van der Waals surface area contributed by atoms with E-state index in [0.717, 1.165) is 19.4 Å². The van der Waals surface area contributed by atoms with Gasteiger partial charge in [0.05, 0.1) is 11.5 Å². The van der Waals surface area contributed by atoms with Crippen molar-refractivity contribution in [2.45, 2.75) is 12.8 Å². The zero-order chi connectivity index (χ0) is 13.9. The van der Waals surface area contributed by atoms with Crippen molar-refractivity contribution in [2.24, 2.45) is 11.8 Å². The Hall–Kier alpha value is -0.140. The lowest BCUT2D eigenvalue weighted by atomic mass is 9.86. The van der Waals surface area contributed by atoms with Crippen LogP contribution in [0.15, 0.2) is 24.3 Å². The van der Waals surface area contributed by atoms with Crippen LogP contribution in [-0.4, -0.2) is 33.5 Å². The van der Waals surface area contributed by atoms with Gasteiger partial charge in [0.25, 0.3) is 0 Å². The van der Waals surface area contributed by atoms with Gasteiger partial charge in [-0.1, -0.05) is 12.1 Å². The standard InChI is InChI=1S/C14H20INO2S/c1-16-9-13(12-6-7-19(17,18)10-12)8-11-2-4-14(15)5-3-11/h2-5,12-13,16H,6-10H2,1H3. The van der Waals surface area contributed by atoms with E-state index in [1.807, 2.05) is 7.05 Å².